The van der Waals surface area contributed by atoms with Crippen LogP contribution in [-0.4, -0.2) is 9.38 Å². The third-order valence-corrected chi connectivity index (χ3v) is 2.70. The summed E-state index contributed by atoms with van der Waals surface area (Å²) in [6.07, 6.45) is 2.88. The Balaban J connectivity index is 2.32. The largest absolute Gasteiger partial charge is 0.462 e. The maximum Gasteiger partial charge on any atom is 0.158 e. The Bertz CT molecular complexity index is 699. The van der Waals surface area contributed by atoms with Crippen molar-refractivity contribution in [1.82, 2.24) is 9.38 Å². The van der Waals surface area contributed by atoms with E-state index in [0.29, 0.717) is 22.9 Å². The van der Waals surface area contributed by atoms with E-state index >= 15 is 0 Å². The predicted octanol–water partition coefficient (Wildman–Crippen LogP) is 2.62. The van der Waals surface area contributed by atoms with E-state index in [1.54, 1.807) is 12.3 Å². The molecule has 0 aliphatic heterocycles. The van der Waals surface area contributed by atoms with Gasteiger partial charge in [0.1, 0.15) is 23.0 Å². The lowest BCUT2D eigenvalue weighted by atomic mass is 10.2. The average molecular weight is 231 g/mol. The average Bonchev–Trinajstić information content (AvgIpc) is 2.84. The fourth-order valence-electron chi connectivity index (χ4n) is 1.82. The van der Waals surface area contributed by atoms with Crippen molar-refractivity contribution in [1.29, 1.82) is 0 Å². The van der Waals surface area contributed by atoms with Crippen LogP contribution in [0, 0.1) is 12.7 Å². The lowest BCUT2D eigenvalue weighted by molar-refractivity contribution is 0.579. The molecule has 0 unspecified atom stereocenters. The molecule has 5 heteroatoms. The number of fused-ring (bicyclic) bond motifs is 1. The van der Waals surface area contributed by atoms with Crippen LogP contribution in [0.5, 0.6) is 0 Å². The highest BCUT2D eigenvalue weighted by molar-refractivity contribution is 5.73. The van der Waals surface area contributed by atoms with Crippen LogP contribution in [0.15, 0.2) is 35.1 Å². The van der Waals surface area contributed by atoms with Crippen molar-refractivity contribution >= 4 is 11.5 Å². The Morgan fingerprint density at radius 1 is 1.35 bits per heavy atom. The van der Waals surface area contributed by atoms with Gasteiger partial charge in [-0.3, -0.25) is 4.40 Å². The molecular weight excluding hydrogens is 221 g/mol. The van der Waals surface area contributed by atoms with Gasteiger partial charge in [0.15, 0.2) is 5.76 Å². The molecule has 3 aromatic rings. The van der Waals surface area contributed by atoms with E-state index in [2.05, 4.69) is 4.98 Å². The van der Waals surface area contributed by atoms with E-state index in [-0.39, 0.29) is 5.82 Å². The molecule has 0 amide bonds. The molecule has 0 bridgehead atoms. The van der Waals surface area contributed by atoms with E-state index in [1.807, 2.05) is 13.0 Å². The summed E-state index contributed by atoms with van der Waals surface area (Å²) in [6, 6.07) is 4.76. The van der Waals surface area contributed by atoms with Crippen molar-refractivity contribution in [3.8, 4) is 11.5 Å². The highest BCUT2D eigenvalue weighted by atomic mass is 19.1. The highest BCUT2D eigenvalue weighted by Crippen LogP contribution is 2.29. The number of imidazole rings is 1. The molecule has 3 heterocycles. The van der Waals surface area contributed by atoms with Gasteiger partial charge in [-0.25, -0.2) is 9.37 Å². The van der Waals surface area contributed by atoms with Crippen molar-refractivity contribution in [2.75, 3.05) is 5.73 Å². The lowest BCUT2D eigenvalue weighted by Crippen LogP contribution is -1.94. The van der Waals surface area contributed by atoms with E-state index < -0.39 is 0 Å². The van der Waals surface area contributed by atoms with Crippen LogP contribution in [0.25, 0.3) is 17.1 Å². The van der Waals surface area contributed by atoms with Gasteiger partial charge in [-0.05, 0) is 30.7 Å². The summed E-state index contributed by atoms with van der Waals surface area (Å²) in [5.74, 6) is 0.633. The van der Waals surface area contributed by atoms with Gasteiger partial charge in [-0.2, -0.15) is 0 Å². The van der Waals surface area contributed by atoms with Crippen LogP contribution >= 0.6 is 0 Å². The Kier molecular flexibility index (Phi) is 1.95. The SMILES string of the molecule is Cc1ccoc1-c1nc2ccc(F)cn2c1N. The maximum atomic E-state index is 13.1. The van der Waals surface area contributed by atoms with Gasteiger partial charge in [0, 0.05) is 6.20 Å². The number of rotatable bonds is 1. The van der Waals surface area contributed by atoms with Crippen molar-refractivity contribution in [2.24, 2.45) is 0 Å². The van der Waals surface area contributed by atoms with Crippen molar-refractivity contribution in [2.45, 2.75) is 6.92 Å². The number of nitrogen functional groups attached to an aromatic ring is 1. The van der Waals surface area contributed by atoms with Gasteiger partial charge < -0.3 is 10.2 Å². The molecule has 0 atom stereocenters. The molecule has 2 N–H and O–H groups in total. The molecule has 0 aliphatic carbocycles. The molecule has 0 aliphatic rings. The lowest BCUT2D eigenvalue weighted by Gasteiger charge is -1.97. The first-order valence-electron chi connectivity index (χ1n) is 5.14. The number of hydrogen-bond donors (Lipinski definition) is 1. The predicted molar refractivity (Wildman–Crippen MR) is 62.0 cm³/mol. The molecule has 0 aromatic carbocycles. The van der Waals surface area contributed by atoms with Crippen LogP contribution < -0.4 is 5.73 Å². The molecule has 86 valence electrons. The molecule has 3 rings (SSSR count). The Labute approximate surface area is 96.5 Å². The zero-order chi connectivity index (χ0) is 12.0. The molecule has 4 nitrogen and oxygen atoms in total. The minimum atomic E-state index is -0.357. The van der Waals surface area contributed by atoms with E-state index in [1.165, 1.54) is 16.7 Å². The highest BCUT2D eigenvalue weighted by Gasteiger charge is 2.16. The number of aryl methyl sites for hydroxylation is 1. The first-order chi connectivity index (χ1) is 8.16. The number of aromatic nitrogens is 2. The Hall–Kier alpha value is -2.30. The second kappa shape index (κ2) is 3.35. The summed E-state index contributed by atoms with van der Waals surface area (Å²) < 4.78 is 20.0. The fraction of sp³-hybridized carbons (Fsp3) is 0.0833. The zero-order valence-corrected chi connectivity index (χ0v) is 9.14. The fourth-order valence-corrected chi connectivity index (χ4v) is 1.82. The number of pyridine rings is 1. The second-order valence-corrected chi connectivity index (χ2v) is 3.85. The number of furan rings is 1. The third kappa shape index (κ3) is 1.39. The van der Waals surface area contributed by atoms with Crippen molar-refractivity contribution < 1.29 is 8.81 Å². The molecule has 17 heavy (non-hydrogen) atoms. The molecule has 3 aromatic heterocycles. The molecule has 0 radical (unpaired) electrons. The van der Waals surface area contributed by atoms with E-state index in [4.69, 9.17) is 10.2 Å². The van der Waals surface area contributed by atoms with Gasteiger partial charge in [-0.1, -0.05) is 0 Å². The normalized spacial score (nSPS) is 11.2. The van der Waals surface area contributed by atoms with E-state index in [0.717, 1.165) is 5.56 Å². The summed E-state index contributed by atoms with van der Waals surface area (Å²) in [7, 11) is 0. The summed E-state index contributed by atoms with van der Waals surface area (Å²) in [6.45, 7) is 1.91. The van der Waals surface area contributed by atoms with Crippen LogP contribution in [0.2, 0.25) is 0 Å². The van der Waals surface area contributed by atoms with Crippen LogP contribution in [0.3, 0.4) is 0 Å². The van der Waals surface area contributed by atoms with Crippen LogP contribution in [0.1, 0.15) is 5.56 Å². The minimum absolute atomic E-state index is 0.357. The van der Waals surface area contributed by atoms with Gasteiger partial charge in [0.25, 0.3) is 0 Å². The van der Waals surface area contributed by atoms with Gasteiger partial charge >= 0.3 is 0 Å². The standard InChI is InChI=1S/C12H10FN3O/c1-7-4-5-17-11(7)10-12(14)16-6-8(13)2-3-9(16)15-10/h2-6H,14H2,1H3. The summed E-state index contributed by atoms with van der Waals surface area (Å²) >= 11 is 0. The number of nitrogens with two attached hydrogens (primary N) is 1. The second-order valence-electron chi connectivity index (χ2n) is 3.85. The van der Waals surface area contributed by atoms with Gasteiger partial charge in [0.05, 0.1) is 6.26 Å². The number of halogens is 1. The topological polar surface area (TPSA) is 56.5 Å². The van der Waals surface area contributed by atoms with Crippen LogP contribution in [-0.2, 0) is 0 Å². The zero-order valence-electron chi connectivity index (χ0n) is 9.14. The Morgan fingerprint density at radius 2 is 2.18 bits per heavy atom. The number of nitrogens with zero attached hydrogens (tertiary/aromatic N) is 2. The smallest absolute Gasteiger partial charge is 0.158 e. The molecule has 0 saturated heterocycles. The summed E-state index contributed by atoms with van der Waals surface area (Å²) in [5.41, 5.74) is 8.02. The number of hydrogen-bond acceptors (Lipinski definition) is 3. The van der Waals surface area contributed by atoms with Crippen molar-refractivity contribution in [3.05, 3.63) is 42.0 Å². The minimum Gasteiger partial charge on any atom is -0.462 e. The quantitative estimate of drug-likeness (QED) is 0.700. The third-order valence-electron chi connectivity index (χ3n) is 2.70. The molecule has 0 saturated carbocycles. The molecule has 0 fully saturated rings. The number of anilines is 1. The first kappa shape index (κ1) is 9.89. The monoisotopic (exact) mass is 231 g/mol. The maximum absolute atomic E-state index is 13.1. The summed E-state index contributed by atoms with van der Waals surface area (Å²) in [5, 5.41) is 0. The Morgan fingerprint density at radius 3 is 2.88 bits per heavy atom. The molecular formula is C12H10FN3O. The van der Waals surface area contributed by atoms with Gasteiger partial charge in [0.2, 0.25) is 0 Å². The van der Waals surface area contributed by atoms with E-state index in [9.17, 15) is 4.39 Å². The summed E-state index contributed by atoms with van der Waals surface area (Å²) in [4.78, 5) is 4.33. The molecule has 0 spiro atoms. The first-order valence-corrected chi connectivity index (χ1v) is 5.14. The van der Waals surface area contributed by atoms with Crippen LogP contribution in [0.4, 0.5) is 10.2 Å². The van der Waals surface area contributed by atoms with Crippen molar-refractivity contribution in [3.63, 3.8) is 0 Å². The van der Waals surface area contributed by atoms with Gasteiger partial charge in [-0.15, -0.1) is 0 Å².